The lowest BCUT2D eigenvalue weighted by atomic mass is 9.90. The van der Waals surface area contributed by atoms with E-state index in [9.17, 15) is 78.6 Å². The normalized spacial score (nSPS) is 16.8. The van der Waals surface area contributed by atoms with Crippen LogP contribution in [0.3, 0.4) is 0 Å². The van der Waals surface area contributed by atoms with Crippen molar-refractivity contribution in [2.45, 2.75) is 41.4 Å². The van der Waals surface area contributed by atoms with Gasteiger partial charge in [0.05, 0.1) is 0 Å². The second-order valence-corrected chi connectivity index (χ2v) is 6.42. The van der Waals surface area contributed by atoms with Gasteiger partial charge in [-0.3, -0.25) is 0 Å². The van der Waals surface area contributed by atoms with Crippen molar-refractivity contribution >= 4 is 7.88 Å². The molecule has 0 atom stereocenters. The fourth-order valence-electron chi connectivity index (χ4n) is 1.26. The van der Waals surface area contributed by atoms with Gasteiger partial charge in [0.25, 0.3) is 0 Å². The Morgan fingerprint density at radius 3 is 0.885 bits per heavy atom. The Labute approximate surface area is 129 Å². The molecular formula is C7F18P+. The first-order valence-corrected chi connectivity index (χ1v) is 6.63. The average molecular weight is 457 g/mol. The quantitative estimate of drug-likeness (QED) is 0.316. The molecule has 0 aliphatic heterocycles. The van der Waals surface area contributed by atoms with Crippen molar-refractivity contribution in [2.75, 3.05) is 0 Å². The fourth-order valence-corrected chi connectivity index (χ4v) is 2.07. The summed E-state index contributed by atoms with van der Waals surface area (Å²) in [7, 11) is -9.69. The van der Waals surface area contributed by atoms with Crippen LogP contribution in [0.2, 0.25) is 0 Å². The maximum Gasteiger partial charge on any atom is 0.586 e. The Hall–Kier alpha value is -0.830. The second-order valence-electron chi connectivity index (χ2n) is 4.33. The van der Waals surface area contributed by atoms with Crippen molar-refractivity contribution in [3.05, 3.63) is 0 Å². The smallest absolute Gasteiger partial charge is 0.216 e. The summed E-state index contributed by atoms with van der Waals surface area (Å²) in [4.78, 5) is 0. The van der Waals surface area contributed by atoms with Gasteiger partial charge in [0, 0.05) is 0 Å². The van der Waals surface area contributed by atoms with Crippen molar-refractivity contribution in [1.82, 2.24) is 0 Å². The monoisotopic (exact) mass is 457 g/mol. The Balaban J connectivity index is 6.86. The van der Waals surface area contributed by atoms with Gasteiger partial charge in [0.15, 0.2) is 0 Å². The third-order valence-electron chi connectivity index (χ3n) is 2.66. The Bertz CT molecular complexity index is 503. The summed E-state index contributed by atoms with van der Waals surface area (Å²) in [5, 5.41) is 0. The van der Waals surface area contributed by atoms with Gasteiger partial charge in [-0.15, -0.1) is 13.2 Å². The number of alkyl halides is 16. The Kier molecular flexibility index (Phi) is 5.65. The van der Waals surface area contributed by atoms with E-state index in [4.69, 9.17) is 0 Å². The van der Waals surface area contributed by atoms with Gasteiger partial charge in [0.1, 0.15) is 0 Å². The van der Waals surface area contributed by atoms with Crippen LogP contribution in [0.5, 0.6) is 0 Å². The Morgan fingerprint density at radius 1 is 0.423 bits per heavy atom. The molecule has 0 aliphatic carbocycles. The molecule has 19 heteroatoms. The lowest BCUT2D eigenvalue weighted by Crippen LogP contribution is -2.73. The molecule has 158 valence electrons. The van der Waals surface area contributed by atoms with Crippen LogP contribution in [0.1, 0.15) is 0 Å². The van der Waals surface area contributed by atoms with Gasteiger partial charge in [-0.1, -0.05) is 0 Å². The molecule has 0 spiro atoms. The zero-order valence-electron chi connectivity index (χ0n) is 10.8. The standard InChI is InChI=1S/C7F18P/c8-1(4(13,14)15,5(16,17)18)2(9,10)3(11,12)6(19,20)26(24,25)7(21,22)23/q+1. The molecule has 0 aliphatic rings. The zero-order chi connectivity index (χ0) is 22.0. The minimum absolute atomic E-state index is 7.73. The highest BCUT2D eigenvalue weighted by Gasteiger charge is 3.02. The predicted octanol–water partition coefficient (Wildman–Crippen LogP) is 6.99. The molecule has 0 bridgehead atoms. The number of halogens is 18. The summed E-state index contributed by atoms with van der Waals surface area (Å²) in [6.07, 6.45) is -16.3. The highest BCUT2D eigenvalue weighted by Crippen LogP contribution is 2.86. The van der Waals surface area contributed by atoms with Crippen molar-refractivity contribution in [1.29, 1.82) is 0 Å². The van der Waals surface area contributed by atoms with E-state index in [0.29, 0.717) is 0 Å². The molecule has 0 saturated heterocycles. The van der Waals surface area contributed by atoms with Crippen LogP contribution in [0, 0.1) is 0 Å². The van der Waals surface area contributed by atoms with Crippen LogP contribution in [0.15, 0.2) is 0 Å². The molecule has 0 amide bonds. The fraction of sp³-hybridized carbons (Fsp3) is 1.00. The topological polar surface area (TPSA) is 0 Å². The van der Waals surface area contributed by atoms with Gasteiger partial charge in [-0.25, -0.2) is 4.39 Å². The first-order chi connectivity index (χ1) is 10.8. The van der Waals surface area contributed by atoms with Crippen LogP contribution in [-0.2, 0) is 0 Å². The average Bonchev–Trinajstić information content (AvgIpc) is 2.32. The molecular weight excluding hydrogens is 457 g/mol. The molecule has 0 nitrogen and oxygen atoms in total. The molecule has 0 unspecified atom stereocenters. The summed E-state index contributed by atoms with van der Waals surface area (Å²) < 4.78 is 222. The SMILES string of the molecule is FC(F)(F)C(F)(C(F)(F)F)C(F)(F)C(F)(F)C(F)(F)[P+](F)(F)C(F)(F)F. The Morgan fingerprint density at radius 2 is 0.692 bits per heavy atom. The van der Waals surface area contributed by atoms with Crippen LogP contribution in [0.4, 0.5) is 78.6 Å². The molecule has 0 fully saturated rings. The highest BCUT2D eigenvalue weighted by atomic mass is 31.2. The molecule has 0 N–H and O–H groups in total. The minimum Gasteiger partial charge on any atom is -0.216 e. The van der Waals surface area contributed by atoms with Crippen molar-refractivity contribution in [3.8, 4) is 0 Å². The zero-order valence-corrected chi connectivity index (χ0v) is 11.6. The summed E-state index contributed by atoms with van der Waals surface area (Å²) in [6, 6.07) is 0. The molecule has 26 heavy (non-hydrogen) atoms. The lowest BCUT2D eigenvalue weighted by molar-refractivity contribution is -0.439. The lowest BCUT2D eigenvalue weighted by Gasteiger charge is -2.40. The second kappa shape index (κ2) is 5.83. The third kappa shape index (κ3) is 2.95. The summed E-state index contributed by atoms with van der Waals surface area (Å²) in [5.74, 6) is -25.3. The van der Waals surface area contributed by atoms with E-state index in [1.54, 1.807) is 0 Å². The molecule has 0 aromatic heterocycles. The van der Waals surface area contributed by atoms with Gasteiger partial charge in [-0.2, -0.15) is 52.7 Å². The van der Waals surface area contributed by atoms with Crippen molar-refractivity contribution in [2.24, 2.45) is 0 Å². The number of hydrogen-bond acceptors (Lipinski definition) is 0. The van der Waals surface area contributed by atoms with Gasteiger partial charge >= 0.3 is 49.3 Å². The third-order valence-corrected chi connectivity index (χ3v) is 4.28. The molecule has 0 radical (unpaired) electrons. The summed E-state index contributed by atoms with van der Waals surface area (Å²) >= 11 is 0. The van der Waals surface area contributed by atoms with E-state index < -0.39 is 49.3 Å². The number of rotatable bonds is 4. The molecule has 0 aromatic carbocycles. The maximum absolute atomic E-state index is 13.0. The van der Waals surface area contributed by atoms with E-state index in [-0.39, 0.29) is 0 Å². The van der Waals surface area contributed by atoms with Crippen LogP contribution in [-0.4, -0.2) is 41.4 Å². The van der Waals surface area contributed by atoms with E-state index in [2.05, 4.69) is 0 Å². The molecule has 0 aromatic rings. The van der Waals surface area contributed by atoms with Crippen molar-refractivity contribution < 1.29 is 78.6 Å². The van der Waals surface area contributed by atoms with Crippen LogP contribution >= 0.6 is 7.88 Å². The molecule has 0 rings (SSSR count). The van der Waals surface area contributed by atoms with Crippen molar-refractivity contribution in [3.63, 3.8) is 0 Å². The number of hydrogen-bond donors (Lipinski definition) is 0. The van der Waals surface area contributed by atoms with Gasteiger partial charge in [0.2, 0.25) is 0 Å². The van der Waals surface area contributed by atoms with E-state index in [1.165, 1.54) is 0 Å². The van der Waals surface area contributed by atoms with Crippen LogP contribution < -0.4 is 0 Å². The molecule has 0 saturated carbocycles. The first-order valence-electron chi connectivity index (χ1n) is 5.06. The van der Waals surface area contributed by atoms with E-state index >= 15 is 0 Å². The maximum atomic E-state index is 13.0. The largest absolute Gasteiger partial charge is 0.586 e. The summed E-state index contributed by atoms with van der Waals surface area (Å²) in [5.41, 5.74) is -17.1. The first kappa shape index (κ1) is 25.2. The van der Waals surface area contributed by atoms with E-state index in [1.807, 2.05) is 0 Å². The highest BCUT2D eigenvalue weighted by molar-refractivity contribution is 7.68. The summed E-state index contributed by atoms with van der Waals surface area (Å²) in [6.45, 7) is 0. The molecule has 0 heterocycles. The van der Waals surface area contributed by atoms with Crippen LogP contribution in [0.25, 0.3) is 0 Å². The van der Waals surface area contributed by atoms with Gasteiger partial charge in [-0.05, 0) is 8.39 Å². The minimum atomic E-state index is -9.69. The van der Waals surface area contributed by atoms with E-state index in [0.717, 1.165) is 0 Å². The predicted molar refractivity (Wildman–Crippen MR) is 46.0 cm³/mol. The van der Waals surface area contributed by atoms with Gasteiger partial charge < -0.3 is 0 Å².